The van der Waals surface area contributed by atoms with Gasteiger partial charge < -0.3 is 34.6 Å². The Labute approximate surface area is 202 Å². The van der Waals surface area contributed by atoms with Crippen LogP contribution in [0.5, 0.6) is 11.5 Å². The molecular weight excluding hydrogens is 460 g/mol. The molecule has 3 heterocycles. The minimum absolute atomic E-state index is 0.0298. The van der Waals surface area contributed by atoms with Gasteiger partial charge in [-0.3, -0.25) is 4.79 Å². The van der Waals surface area contributed by atoms with E-state index in [1.54, 1.807) is 25.4 Å². The van der Waals surface area contributed by atoms with E-state index in [0.29, 0.717) is 31.1 Å². The van der Waals surface area contributed by atoms with Crippen molar-refractivity contribution >= 4 is 22.4 Å². The molecule has 1 unspecified atom stereocenters. The normalized spacial score (nSPS) is 24.6. The van der Waals surface area contributed by atoms with Crippen LogP contribution in [0.2, 0.25) is 0 Å². The Morgan fingerprint density at radius 1 is 1.26 bits per heavy atom. The van der Waals surface area contributed by atoms with Crippen molar-refractivity contribution in [1.29, 1.82) is 0 Å². The lowest BCUT2D eigenvalue weighted by atomic mass is 9.72. The molecule has 2 saturated heterocycles. The summed E-state index contributed by atoms with van der Waals surface area (Å²) in [4.78, 5) is 16.2. The Kier molecular flexibility index (Phi) is 6.99. The smallest absolute Gasteiger partial charge is 0.253 e. The van der Waals surface area contributed by atoms with Crippen molar-refractivity contribution < 1.29 is 29.6 Å². The molecule has 0 spiro atoms. The molecule has 0 saturated carbocycles. The number of hydrogen-bond acceptors (Lipinski definition) is 10. The van der Waals surface area contributed by atoms with Gasteiger partial charge in [0, 0.05) is 24.4 Å². The molecule has 34 heavy (non-hydrogen) atoms. The van der Waals surface area contributed by atoms with Gasteiger partial charge in [-0.15, -0.1) is 10.2 Å². The number of aliphatic hydroxyl groups is 3. The van der Waals surface area contributed by atoms with Gasteiger partial charge in [-0.1, -0.05) is 24.3 Å². The second-order valence-electron chi connectivity index (χ2n) is 9.31. The van der Waals surface area contributed by atoms with E-state index in [1.807, 2.05) is 32.0 Å². The Hall–Kier alpha value is -2.47. The molecular formula is C23H32N4O6S. The van der Waals surface area contributed by atoms with E-state index in [1.165, 1.54) is 4.90 Å². The predicted octanol–water partition coefficient (Wildman–Crippen LogP) is 0.789. The number of likely N-dealkylation sites (tertiary alicyclic amines) is 1. The molecule has 3 N–H and O–H groups in total. The molecule has 10 nitrogen and oxygen atoms in total. The largest absolute Gasteiger partial charge is 0.493 e. The number of carbonyl (C=O) groups excluding carboxylic acids is 1. The summed E-state index contributed by atoms with van der Waals surface area (Å²) < 4.78 is 11.8. The van der Waals surface area contributed by atoms with Gasteiger partial charge in [0.1, 0.15) is 11.1 Å². The monoisotopic (exact) mass is 492 g/mol. The third-order valence-corrected chi connectivity index (χ3v) is 7.87. The zero-order chi connectivity index (χ0) is 24.6. The van der Waals surface area contributed by atoms with Crippen LogP contribution >= 0.6 is 11.3 Å². The average Bonchev–Trinajstić information content (AvgIpc) is 3.38. The van der Waals surface area contributed by atoms with Gasteiger partial charge >= 0.3 is 0 Å². The van der Waals surface area contributed by atoms with Crippen molar-refractivity contribution in [3.8, 4) is 11.5 Å². The number of ether oxygens (including phenoxy) is 2. The van der Waals surface area contributed by atoms with E-state index >= 15 is 0 Å². The fourth-order valence-electron chi connectivity index (χ4n) is 4.65. The zero-order valence-electron chi connectivity index (χ0n) is 19.8. The highest BCUT2D eigenvalue weighted by atomic mass is 32.1. The first-order valence-electron chi connectivity index (χ1n) is 11.3. The third-order valence-electron chi connectivity index (χ3n) is 6.97. The molecule has 0 radical (unpaired) electrons. The van der Waals surface area contributed by atoms with Crippen LogP contribution in [0.4, 0.5) is 5.13 Å². The molecule has 1 aromatic carbocycles. The van der Waals surface area contributed by atoms with Crippen LogP contribution in [0, 0.1) is 12.3 Å². The lowest BCUT2D eigenvalue weighted by molar-refractivity contribution is -0.141. The minimum Gasteiger partial charge on any atom is -0.493 e. The van der Waals surface area contributed by atoms with E-state index in [-0.39, 0.29) is 18.6 Å². The van der Waals surface area contributed by atoms with Gasteiger partial charge in [-0.25, -0.2) is 0 Å². The number of aromatic nitrogens is 2. The summed E-state index contributed by atoms with van der Waals surface area (Å²) in [5.41, 5.74) is 0.267. The van der Waals surface area contributed by atoms with Crippen LogP contribution in [0.15, 0.2) is 18.2 Å². The summed E-state index contributed by atoms with van der Waals surface area (Å²) in [6.45, 7) is 6.90. The van der Waals surface area contributed by atoms with Crippen LogP contribution in [-0.4, -0.2) is 94.5 Å². The Bertz CT molecular complexity index is 1030. The standard InChI is InChI=1S/C23H32N4O6S/c1-13(29)23(3)12-27(21(31)18(30)11-28)10-17(23)15-5-6-19(32-4)20(7-15)33-16-8-26(9-16)22-25-24-14(2)34-22/h5-7,13,16-18,28-30H,8-12H2,1-4H3/t13-,17+,18?,23+/m1/s1. The number of rotatable bonds is 8. The second-order valence-corrected chi connectivity index (χ2v) is 10.5. The molecule has 1 amide bonds. The lowest BCUT2D eigenvalue weighted by Gasteiger charge is -2.39. The maximum absolute atomic E-state index is 12.5. The molecule has 11 heteroatoms. The molecule has 186 valence electrons. The minimum atomic E-state index is -1.47. The van der Waals surface area contributed by atoms with Crippen LogP contribution in [0.25, 0.3) is 0 Å². The number of anilines is 1. The molecule has 1 aromatic heterocycles. The van der Waals surface area contributed by atoms with Gasteiger partial charge in [0.15, 0.2) is 17.6 Å². The second kappa shape index (κ2) is 9.65. The van der Waals surface area contributed by atoms with Gasteiger partial charge in [0.2, 0.25) is 5.13 Å². The van der Waals surface area contributed by atoms with E-state index < -0.39 is 30.1 Å². The number of amides is 1. The number of carbonyl (C=O) groups is 1. The zero-order valence-corrected chi connectivity index (χ0v) is 20.7. The average molecular weight is 493 g/mol. The Balaban J connectivity index is 1.53. The molecule has 2 aliphatic heterocycles. The fraction of sp³-hybridized carbons (Fsp3) is 0.609. The summed E-state index contributed by atoms with van der Waals surface area (Å²) in [5.74, 6) is 0.474. The first-order chi connectivity index (χ1) is 16.2. The third kappa shape index (κ3) is 4.57. The van der Waals surface area contributed by atoms with Crippen molar-refractivity contribution in [2.45, 2.75) is 45.0 Å². The summed E-state index contributed by atoms with van der Waals surface area (Å²) in [5, 5.41) is 39.7. The first-order valence-corrected chi connectivity index (χ1v) is 12.1. The maximum atomic E-state index is 12.5. The topological polar surface area (TPSA) is 128 Å². The predicted molar refractivity (Wildman–Crippen MR) is 126 cm³/mol. The first kappa shape index (κ1) is 24.6. The molecule has 4 rings (SSSR count). The molecule has 4 atom stereocenters. The quantitative estimate of drug-likeness (QED) is 0.490. The van der Waals surface area contributed by atoms with Crippen molar-refractivity contribution in [3.63, 3.8) is 0 Å². The van der Waals surface area contributed by atoms with Crippen LogP contribution in [-0.2, 0) is 4.79 Å². The van der Waals surface area contributed by atoms with E-state index in [4.69, 9.17) is 9.47 Å². The number of hydrogen-bond donors (Lipinski definition) is 3. The van der Waals surface area contributed by atoms with Gasteiger partial charge in [0.25, 0.3) is 5.91 Å². The van der Waals surface area contributed by atoms with E-state index in [2.05, 4.69) is 15.1 Å². The number of nitrogens with zero attached hydrogens (tertiary/aromatic N) is 4. The Morgan fingerprint density at radius 3 is 2.59 bits per heavy atom. The van der Waals surface area contributed by atoms with Gasteiger partial charge in [0.05, 0.1) is 32.9 Å². The molecule has 2 aromatic rings. The van der Waals surface area contributed by atoms with Crippen molar-refractivity contribution in [1.82, 2.24) is 15.1 Å². The Morgan fingerprint density at radius 2 is 2.00 bits per heavy atom. The molecule has 2 aliphatic rings. The lowest BCUT2D eigenvalue weighted by Crippen LogP contribution is -2.54. The highest BCUT2D eigenvalue weighted by Gasteiger charge is 2.49. The number of aryl methyl sites for hydroxylation is 1. The molecule has 0 aliphatic carbocycles. The van der Waals surface area contributed by atoms with Crippen LogP contribution < -0.4 is 14.4 Å². The summed E-state index contributed by atoms with van der Waals surface area (Å²) >= 11 is 1.55. The molecule has 2 fully saturated rings. The summed E-state index contributed by atoms with van der Waals surface area (Å²) in [7, 11) is 1.59. The van der Waals surface area contributed by atoms with Crippen LogP contribution in [0.3, 0.4) is 0 Å². The fourth-order valence-corrected chi connectivity index (χ4v) is 5.35. The van der Waals surface area contributed by atoms with Crippen molar-refractivity contribution in [2.24, 2.45) is 5.41 Å². The van der Waals surface area contributed by atoms with E-state index in [9.17, 15) is 20.1 Å². The maximum Gasteiger partial charge on any atom is 0.253 e. The number of aliphatic hydroxyl groups excluding tert-OH is 3. The van der Waals surface area contributed by atoms with Crippen molar-refractivity contribution in [3.05, 3.63) is 28.8 Å². The molecule has 0 bridgehead atoms. The van der Waals surface area contributed by atoms with Gasteiger partial charge in [-0.05, 0) is 31.5 Å². The van der Waals surface area contributed by atoms with Crippen molar-refractivity contribution in [2.75, 3.05) is 44.8 Å². The van der Waals surface area contributed by atoms with Crippen LogP contribution in [0.1, 0.15) is 30.3 Å². The summed E-state index contributed by atoms with van der Waals surface area (Å²) in [6.07, 6.45) is -2.20. The SMILES string of the molecule is COc1ccc([C@@H]2CN(C(=O)C(O)CO)C[C@@]2(C)[C@@H](C)O)cc1OC1CN(c2nnc(C)s2)C1. The highest BCUT2D eigenvalue weighted by molar-refractivity contribution is 7.15. The summed E-state index contributed by atoms with van der Waals surface area (Å²) in [6, 6.07) is 5.67. The number of methoxy groups -OCH3 is 1. The van der Waals surface area contributed by atoms with Gasteiger partial charge in [-0.2, -0.15) is 0 Å². The highest BCUT2D eigenvalue weighted by Crippen LogP contribution is 2.47. The number of benzene rings is 1. The van der Waals surface area contributed by atoms with E-state index in [0.717, 1.165) is 15.7 Å².